The van der Waals surface area contributed by atoms with E-state index in [1.807, 2.05) is 24.9 Å². The highest BCUT2D eigenvalue weighted by atomic mass is 32.1. The third kappa shape index (κ3) is 2.29. The van der Waals surface area contributed by atoms with Gasteiger partial charge in [0.05, 0.1) is 5.69 Å². The SMILES string of the molecule is Cc1ccc2sc(C(=O)N(C)CC3CC3C)c(N)c2c1. The number of rotatable bonds is 3. The highest BCUT2D eigenvalue weighted by Gasteiger charge is 2.34. The number of carbonyl (C=O) groups excluding carboxylic acids is 1. The molecule has 20 heavy (non-hydrogen) atoms. The van der Waals surface area contributed by atoms with Crippen LogP contribution in [-0.4, -0.2) is 24.4 Å². The number of nitrogens with two attached hydrogens (primary N) is 1. The zero-order valence-corrected chi connectivity index (χ0v) is 13.0. The van der Waals surface area contributed by atoms with Crippen LogP contribution in [0.2, 0.25) is 0 Å². The van der Waals surface area contributed by atoms with Crippen molar-refractivity contribution in [2.75, 3.05) is 19.3 Å². The van der Waals surface area contributed by atoms with Crippen molar-refractivity contribution in [3.63, 3.8) is 0 Å². The van der Waals surface area contributed by atoms with E-state index in [4.69, 9.17) is 5.73 Å². The van der Waals surface area contributed by atoms with Crippen molar-refractivity contribution in [1.82, 2.24) is 4.90 Å². The van der Waals surface area contributed by atoms with Gasteiger partial charge in [-0.25, -0.2) is 0 Å². The van der Waals surface area contributed by atoms with E-state index >= 15 is 0 Å². The smallest absolute Gasteiger partial charge is 0.265 e. The Balaban J connectivity index is 1.89. The van der Waals surface area contributed by atoms with E-state index < -0.39 is 0 Å². The van der Waals surface area contributed by atoms with Crippen LogP contribution in [0.15, 0.2) is 18.2 Å². The Morgan fingerprint density at radius 3 is 2.85 bits per heavy atom. The van der Waals surface area contributed by atoms with Crippen LogP contribution in [0.25, 0.3) is 10.1 Å². The van der Waals surface area contributed by atoms with E-state index in [0.717, 1.165) is 22.5 Å². The molecule has 0 radical (unpaired) electrons. The minimum Gasteiger partial charge on any atom is -0.397 e. The van der Waals surface area contributed by atoms with Crippen LogP contribution in [0.4, 0.5) is 5.69 Å². The van der Waals surface area contributed by atoms with Gasteiger partial charge < -0.3 is 10.6 Å². The van der Waals surface area contributed by atoms with Crippen molar-refractivity contribution >= 4 is 33.0 Å². The minimum absolute atomic E-state index is 0.0560. The summed E-state index contributed by atoms with van der Waals surface area (Å²) in [7, 11) is 1.88. The fourth-order valence-corrected chi connectivity index (χ4v) is 3.75. The van der Waals surface area contributed by atoms with Gasteiger partial charge in [0.1, 0.15) is 4.88 Å². The molecule has 1 aromatic heterocycles. The molecule has 3 rings (SSSR count). The van der Waals surface area contributed by atoms with Crippen LogP contribution in [0.3, 0.4) is 0 Å². The third-order valence-electron chi connectivity index (χ3n) is 4.21. The average molecular weight is 288 g/mol. The Morgan fingerprint density at radius 1 is 1.50 bits per heavy atom. The molecular formula is C16H20N2OS. The van der Waals surface area contributed by atoms with Crippen LogP contribution < -0.4 is 5.73 Å². The van der Waals surface area contributed by atoms with Gasteiger partial charge in [0, 0.05) is 23.7 Å². The molecule has 1 aliphatic rings. The van der Waals surface area contributed by atoms with Gasteiger partial charge in [-0.1, -0.05) is 18.6 Å². The zero-order chi connectivity index (χ0) is 14.4. The summed E-state index contributed by atoms with van der Waals surface area (Å²) >= 11 is 1.50. The van der Waals surface area contributed by atoms with Gasteiger partial charge in [-0.2, -0.15) is 0 Å². The molecule has 1 saturated carbocycles. The average Bonchev–Trinajstić information content (AvgIpc) is 3.00. The Bertz CT molecular complexity index is 676. The molecular weight excluding hydrogens is 268 g/mol. The summed E-state index contributed by atoms with van der Waals surface area (Å²) in [5.74, 6) is 1.48. The van der Waals surface area contributed by atoms with Gasteiger partial charge in [-0.05, 0) is 37.3 Å². The van der Waals surface area contributed by atoms with Crippen molar-refractivity contribution in [3.8, 4) is 0 Å². The molecule has 0 spiro atoms. The minimum atomic E-state index is 0.0560. The number of hydrogen-bond donors (Lipinski definition) is 1. The zero-order valence-electron chi connectivity index (χ0n) is 12.1. The van der Waals surface area contributed by atoms with Gasteiger partial charge in [0.15, 0.2) is 0 Å². The van der Waals surface area contributed by atoms with Crippen LogP contribution in [-0.2, 0) is 0 Å². The van der Waals surface area contributed by atoms with Gasteiger partial charge in [-0.3, -0.25) is 4.79 Å². The van der Waals surface area contributed by atoms with Gasteiger partial charge in [0.2, 0.25) is 0 Å². The molecule has 2 atom stereocenters. The van der Waals surface area contributed by atoms with Gasteiger partial charge in [-0.15, -0.1) is 11.3 Å². The third-order valence-corrected chi connectivity index (χ3v) is 5.38. The van der Waals surface area contributed by atoms with Crippen LogP contribution in [0, 0.1) is 18.8 Å². The number of nitrogens with zero attached hydrogens (tertiary/aromatic N) is 1. The predicted octanol–water partition coefficient (Wildman–Crippen LogP) is 3.52. The van der Waals surface area contributed by atoms with Crippen molar-refractivity contribution in [3.05, 3.63) is 28.6 Å². The molecule has 2 unspecified atom stereocenters. The fourth-order valence-electron chi connectivity index (χ4n) is 2.65. The summed E-state index contributed by atoms with van der Waals surface area (Å²) in [5, 5.41) is 1.01. The number of aryl methyl sites for hydroxylation is 1. The van der Waals surface area contributed by atoms with Crippen molar-refractivity contribution in [2.24, 2.45) is 11.8 Å². The number of thiophene rings is 1. The molecule has 0 aliphatic heterocycles. The monoisotopic (exact) mass is 288 g/mol. The molecule has 1 fully saturated rings. The molecule has 1 heterocycles. The summed E-state index contributed by atoms with van der Waals surface area (Å²) < 4.78 is 1.09. The molecule has 2 N–H and O–H groups in total. The molecule has 1 aromatic carbocycles. The number of hydrogen-bond acceptors (Lipinski definition) is 3. The first-order valence-electron chi connectivity index (χ1n) is 7.01. The lowest BCUT2D eigenvalue weighted by atomic mass is 10.1. The lowest BCUT2D eigenvalue weighted by molar-refractivity contribution is 0.0793. The maximum absolute atomic E-state index is 12.5. The highest BCUT2D eigenvalue weighted by Crippen LogP contribution is 2.39. The number of fused-ring (bicyclic) bond motifs is 1. The number of anilines is 1. The van der Waals surface area contributed by atoms with Gasteiger partial charge in [0.25, 0.3) is 5.91 Å². The topological polar surface area (TPSA) is 46.3 Å². The summed E-state index contributed by atoms with van der Waals surface area (Å²) in [6.45, 7) is 5.12. The van der Waals surface area contributed by atoms with Crippen LogP contribution in [0.5, 0.6) is 0 Å². The van der Waals surface area contributed by atoms with Gasteiger partial charge >= 0.3 is 0 Å². The largest absolute Gasteiger partial charge is 0.397 e. The number of carbonyl (C=O) groups is 1. The molecule has 0 saturated heterocycles. The highest BCUT2D eigenvalue weighted by molar-refractivity contribution is 7.21. The normalized spacial score (nSPS) is 21.1. The molecule has 2 aromatic rings. The van der Waals surface area contributed by atoms with E-state index in [1.165, 1.54) is 23.3 Å². The van der Waals surface area contributed by atoms with Crippen molar-refractivity contribution in [2.45, 2.75) is 20.3 Å². The molecule has 4 heteroatoms. The second-order valence-electron chi connectivity index (χ2n) is 6.00. The van der Waals surface area contributed by atoms with E-state index in [1.54, 1.807) is 0 Å². The first-order valence-corrected chi connectivity index (χ1v) is 7.83. The summed E-state index contributed by atoms with van der Waals surface area (Å²) in [6.07, 6.45) is 1.23. The molecule has 106 valence electrons. The quantitative estimate of drug-likeness (QED) is 0.939. The lowest BCUT2D eigenvalue weighted by Crippen LogP contribution is -2.28. The van der Waals surface area contributed by atoms with E-state index in [2.05, 4.69) is 19.1 Å². The molecule has 0 bridgehead atoms. The Morgan fingerprint density at radius 2 is 2.20 bits per heavy atom. The number of benzene rings is 1. The fraction of sp³-hybridized carbons (Fsp3) is 0.438. The number of nitrogen functional groups attached to an aromatic ring is 1. The summed E-state index contributed by atoms with van der Waals surface area (Å²) in [6, 6.07) is 6.16. The Labute approximate surface area is 123 Å². The van der Waals surface area contributed by atoms with Crippen LogP contribution in [0.1, 0.15) is 28.6 Å². The second kappa shape index (κ2) is 4.77. The maximum atomic E-state index is 12.5. The molecule has 1 aliphatic carbocycles. The van der Waals surface area contributed by atoms with E-state index in [9.17, 15) is 4.79 Å². The van der Waals surface area contributed by atoms with Crippen molar-refractivity contribution in [1.29, 1.82) is 0 Å². The first-order chi connectivity index (χ1) is 9.47. The standard InChI is InChI=1S/C16H20N2OS/c1-9-4-5-13-12(6-9)14(17)15(20-13)16(19)18(3)8-11-7-10(11)2/h4-6,10-11H,7-8,17H2,1-3H3. The Hall–Kier alpha value is -1.55. The molecule has 1 amide bonds. The predicted molar refractivity (Wildman–Crippen MR) is 85.2 cm³/mol. The summed E-state index contributed by atoms with van der Waals surface area (Å²) in [5.41, 5.74) is 7.98. The lowest BCUT2D eigenvalue weighted by Gasteiger charge is -2.16. The number of amides is 1. The van der Waals surface area contributed by atoms with Crippen LogP contribution >= 0.6 is 11.3 Å². The summed E-state index contributed by atoms with van der Waals surface area (Å²) in [4.78, 5) is 15.0. The second-order valence-corrected chi connectivity index (χ2v) is 7.06. The molecule has 3 nitrogen and oxygen atoms in total. The van der Waals surface area contributed by atoms with E-state index in [0.29, 0.717) is 16.5 Å². The Kier molecular flexibility index (Phi) is 3.21. The van der Waals surface area contributed by atoms with E-state index in [-0.39, 0.29) is 5.91 Å². The maximum Gasteiger partial charge on any atom is 0.265 e. The van der Waals surface area contributed by atoms with Crippen molar-refractivity contribution < 1.29 is 4.79 Å². The first kappa shape index (κ1) is 13.4.